The predicted molar refractivity (Wildman–Crippen MR) is 70.0 cm³/mol. The number of anilines is 1. The van der Waals surface area contributed by atoms with Crippen LogP contribution in [0.25, 0.3) is 0 Å². The highest BCUT2D eigenvalue weighted by Gasteiger charge is 2.16. The molecular formula is C10H10BrN3O5. The Kier molecular flexibility index (Phi) is 4.81. The fourth-order valence-electron chi connectivity index (χ4n) is 1.16. The van der Waals surface area contributed by atoms with E-state index in [0.717, 1.165) is 6.07 Å². The SMILES string of the molecule is C[C@H](NC(=O)Nc1ccc(Br)c([N+](=O)[O-])c1)C(=O)O. The quantitative estimate of drug-likeness (QED) is 0.575. The van der Waals surface area contributed by atoms with E-state index < -0.39 is 23.0 Å². The number of nitrogens with one attached hydrogen (secondary N) is 2. The lowest BCUT2D eigenvalue weighted by molar-refractivity contribution is -0.385. The summed E-state index contributed by atoms with van der Waals surface area (Å²) in [6, 6.07) is 2.20. The molecule has 0 aliphatic rings. The van der Waals surface area contributed by atoms with E-state index in [-0.39, 0.29) is 15.8 Å². The van der Waals surface area contributed by atoms with E-state index in [0.29, 0.717) is 0 Å². The lowest BCUT2D eigenvalue weighted by Gasteiger charge is -2.10. The molecule has 0 heterocycles. The van der Waals surface area contributed by atoms with Crippen molar-refractivity contribution in [3.05, 3.63) is 32.8 Å². The van der Waals surface area contributed by atoms with Crippen molar-refractivity contribution in [1.82, 2.24) is 5.32 Å². The van der Waals surface area contributed by atoms with Gasteiger partial charge in [0.1, 0.15) is 6.04 Å². The standard InChI is InChI=1S/C10H10BrN3O5/c1-5(9(15)16)12-10(17)13-6-2-3-7(11)8(4-6)14(18)19/h2-5H,1H3,(H,15,16)(H2,12,13,17)/t5-/m0/s1. The number of halogens is 1. The highest BCUT2D eigenvalue weighted by atomic mass is 79.9. The third kappa shape index (κ3) is 4.21. The first-order valence-electron chi connectivity index (χ1n) is 5.05. The molecular weight excluding hydrogens is 322 g/mol. The average Bonchev–Trinajstić information content (AvgIpc) is 2.30. The number of carboxylic acids is 1. The van der Waals surface area contributed by atoms with Crippen molar-refractivity contribution in [2.24, 2.45) is 0 Å². The molecule has 0 unspecified atom stereocenters. The van der Waals surface area contributed by atoms with Crippen LogP contribution >= 0.6 is 15.9 Å². The summed E-state index contributed by atoms with van der Waals surface area (Å²) in [4.78, 5) is 32.1. The Morgan fingerprint density at radius 2 is 2.11 bits per heavy atom. The minimum atomic E-state index is -1.18. The molecule has 102 valence electrons. The number of nitro groups is 1. The van der Waals surface area contributed by atoms with Crippen molar-refractivity contribution in [2.45, 2.75) is 13.0 Å². The van der Waals surface area contributed by atoms with Crippen LogP contribution < -0.4 is 10.6 Å². The Morgan fingerprint density at radius 3 is 2.63 bits per heavy atom. The molecule has 3 N–H and O–H groups in total. The zero-order valence-corrected chi connectivity index (χ0v) is 11.3. The van der Waals surface area contributed by atoms with E-state index in [1.54, 1.807) is 0 Å². The first-order valence-corrected chi connectivity index (χ1v) is 5.85. The van der Waals surface area contributed by atoms with Gasteiger partial charge in [-0.3, -0.25) is 14.9 Å². The third-order valence-corrected chi connectivity index (χ3v) is 2.79. The molecule has 0 bridgehead atoms. The van der Waals surface area contributed by atoms with Gasteiger partial charge in [-0.15, -0.1) is 0 Å². The van der Waals surface area contributed by atoms with Crippen molar-refractivity contribution in [1.29, 1.82) is 0 Å². The zero-order valence-electron chi connectivity index (χ0n) is 9.71. The van der Waals surface area contributed by atoms with E-state index >= 15 is 0 Å². The molecule has 8 nitrogen and oxygen atoms in total. The molecule has 1 aromatic carbocycles. The monoisotopic (exact) mass is 331 g/mol. The number of amides is 2. The van der Waals surface area contributed by atoms with Crippen LogP contribution in [0.2, 0.25) is 0 Å². The summed E-state index contributed by atoms with van der Waals surface area (Å²) >= 11 is 3.01. The highest BCUT2D eigenvalue weighted by Crippen LogP contribution is 2.27. The maximum atomic E-state index is 11.4. The maximum absolute atomic E-state index is 11.4. The van der Waals surface area contributed by atoms with Crippen LogP contribution in [-0.2, 0) is 4.79 Å². The minimum Gasteiger partial charge on any atom is -0.480 e. The summed E-state index contributed by atoms with van der Waals surface area (Å²) < 4.78 is 0.280. The van der Waals surface area contributed by atoms with E-state index in [1.165, 1.54) is 19.1 Å². The van der Waals surface area contributed by atoms with Crippen molar-refractivity contribution < 1.29 is 19.6 Å². The number of carbonyl (C=O) groups excluding carboxylic acids is 1. The summed E-state index contributed by atoms with van der Waals surface area (Å²) in [7, 11) is 0. The van der Waals surface area contributed by atoms with Gasteiger partial charge in [-0.25, -0.2) is 4.79 Å². The molecule has 0 radical (unpaired) electrons. The maximum Gasteiger partial charge on any atom is 0.325 e. The molecule has 1 aromatic rings. The third-order valence-electron chi connectivity index (χ3n) is 2.12. The Bertz CT molecular complexity index is 534. The normalized spacial score (nSPS) is 11.5. The van der Waals surface area contributed by atoms with E-state index in [4.69, 9.17) is 5.11 Å². The Balaban J connectivity index is 2.78. The molecule has 0 fully saturated rings. The van der Waals surface area contributed by atoms with E-state index in [1.807, 2.05) is 0 Å². The first kappa shape index (κ1) is 14.9. The highest BCUT2D eigenvalue weighted by molar-refractivity contribution is 9.10. The molecule has 0 spiro atoms. The van der Waals surface area contributed by atoms with E-state index in [9.17, 15) is 19.7 Å². The molecule has 0 saturated heterocycles. The van der Waals surface area contributed by atoms with Gasteiger partial charge in [-0.05, 0) is 35.0 Å². The summed E-state index contributed by atoms with van der Waals surface area (Å²) in [6.07, 6.45) is 0. The van der Waals surface area contributed by atoms with Crippen molar-refractivity contribution >= 4 is 39.3 Å². The van der Waals surface area contributed by atoms with Gasteiger partial charge in [-0.2, -0.15) is 0 Å². The second-order valence-electron chi connectivity index (χ2n) is 3.58. The molecule has 9 heteroatoms. The van der Waals surface area contributed by atoms with Gasteiger partial charge < -0.3 is 15.7 Å². The number of hydrogen-bond acceptors (Lipinski definition) is 4. The van der Waals surface area contributed by atoms with Crippen molar-refractivity contribution in [2.75, 3.05) is 5.32 Å². The molecule has 19 heavy (non-hydrogen) atoms. The van der Waals surface area contributed by atoms with Gasteiger partial charge >= 0.3 is 12.0 Å². The second-order valence-corrected chi connectivity index (χ2v) is 4.44. The largest absolute Gasteiger partial charge is 0.480 e. The van der Waals surface area contributed by atoms with Gasteiger partial charge in [0.25, 0.3) is 5.69 Å². The van der Waals surface area contributed by atoms with Gasteiger partial charge in [-0.1, -0.05) is 0 Å². The van der Waals surface area contributed by atoms with Crippen LogP contribution in [0.15, 0.2) is 22.7 Å². The number of benzene rings is 1. The molecule has 0 saturated carbocycles. The zero-order chi connectivity index (χ0) is 14.6. The van der Waals surface area contributed by atoms with Gasteiger partial charge in [0.15, 0.2) is 0 Å². The van der Waals surface area contributed by atoms with Crippen LogP contribution in [0.5, 0.6) is 0 Å². The second kappa shape index (κ2) is 6.14. The summed E-state index contributed by atoms with van der Waals surface area (Å²) in [6.45, 7) is 1.30. The summed E-state index contributed by atoms with van der Waals surface area (Å²) in [5.41, 5.74) is -0.0194. The molecule has 0 aliphatic carbocycles. The number of aliphatic carboxylic acids is 1. The molecule has 1 atom stereocenters. The minimum absolute atomic E-state index is 0.185. The Hall–Kier alpha value is -2.16. The van der Waals surface area contributed by atoms with Crippen LogP contribution in [0.1, 0.15) is 6.92 Å². The molecule has 1 rings (SSSR count). The fraction of sp³-hybridized carbons (Fsp3) is 0.200. The van der Waals surface area contributed by atoms with Crippen molar-refractivity contribution in [3.63, 3.8) is 0 Å². The topological polar surface area (TPSA) is 122 Å². The molecule has 0 aliphatic heterocycles. The lowest BCUT2D eigenvalue weighted by atomic mass is 10.3. The number of urea groups is 1. The molecule has 2 amide bonds. The summed E-state index contributed by atoms with van der Waals surface area (Å²) in [5.74, 6) is -1.18. The Morgan fingerprint density at radius 1 is 1.47 bits per heavy atom. The number of nitrogens with zero attached hydrogens (tertiary/aromatic N) is 1. The van der Waals surface area contributed by atoms with Crippen LogP contribution in [-0.4, -0.2) is 28.1 Å². The Labute approximate surface area is 116 Å². The van der Waals surface area contributed by atoms with Crippen LogP contribution in [0.3, 0.4) is 0 Å². The van der Waals surface area contributed by atoms with Crippen molar-refractivity contribution in [3.8, 4) is 0 Å². The summed E-state index contributed by atoms with van der Waals surface area (Å²) in [5, 5.41) is 23.8. The van der Waals surface area contributed by atoms with Crippen LogP contribution in [0, 0.1) is 10.1 Å². The van der Waals surface area contributed by atoms with Gasteiger partial charge in [0.2, 0.25) is 0 Å². The van der Waals surface area contributed by atoms with E-state index in [2.05, 4.69) is 26.6 Å². The first-order chi connectivity index (χ1) is 8.81. The number of rotatable bonds is 4. The lowest BCUT2D eigenvalue weighted by Crippen LogP contribution is -2.40. The average molecular weight is 332 g/mol. The van der Waals surface area contributed by atoms with Crippen LogP contribution in [0.4, 0.5) is 16.2 Å². The number of carboxylic acid groups (broad SMARTS) is 1. The smallest absolute Gasteiger partial charge is 0.325 e. The number of carbonyl (C=O) groups is 2. The fourth-order valence-corrected chi connectivity index (χ4v) is 1.55. The molecule has 0 aromatic heterocycles. The van der Waals surface area contributed by atoms with Gasteiger partial charge in [0.05, 0.1) is 9.40 Å². The number of nitro benzene ring substituents is 1. The van der Waals surface area contributed by atoms with Gasteiger partial charge in [0, 0.05) is 11.8 Å². The predicted octanol–water partition coefficient (Wildman–Crippen LogP) is 1.95. The number of hydrogen-bond donors (Lipinski definition) is 3.